The van der Waals surface area contributed by atoms with Crippen LogP contribution in [-0.4, -0.2) is 0 Å². The van der Waals surface area contributed by atoms with Crippen molar-refractivity contribution in [2.45, 2.75) is 0 Å². The van der Waals surface area contributed by atoms with Gasteiger partial charge in [0.25, 0.3) is 0 Å². The molecule has 0 amide bonds. The lowest BCUT2D eigenvalue weighted by molar-refractivity contribution is 1.42. The van der Waals surface area contributed by atoms with Gasteiger partial charge < -0.3 is 0 Å². The zero-order chi connectivity index (χ0) is 12.6. The third-order valence-corrected chi connectivity index (χ3v) is 10.3. The van der Waals surface area contributed by atoms with Crippen molar-refractivity contribution in [3.63, 3.8) is 0 Å². The fourth-order valence-electron chi connectivity index (χ4n) is 0.892. The van der Waals surface area contributed by atoms with E-state index >= 15 is 0 Å². The molecular weight excluding hydrogens is 735 g/mol. The molecule has 0 aromatic heterocycles. The van der Waals surface area contributed by atoms with Crippen molar-refractivity contribution < 1.29 is 0 Å². The van der Waals surface area contributed by atoms with E-state index in [-0.39, 0.29) is 0 Å². The van der Waals surface area contributed by atoms with Gasteiger partial charge in [0, 0.05) is 32.4 Å². The van der Waals surface area contributed by atoms with Crippen LogP contribution in [0, 0.1) is 0 Å². The van der Waals surface area contributed by atoms with Crippen LogP contribution in [0.3, 0.4) is 0 Å². The van der Waals surface area contributed by atoms with Gasteiger partial charge in [-0.3, -0.25) is 0 Å². The summed E-state index contributed by atoms with van der Waals surface area (Å²) >= 11 is 27.9. The van der Waals surface area contributed by atoms with Crippen molar-refractivity contribution in [1.29, 1.82) is 0 Å². The lowest BCUT2D eigenvalue weighted by Gasteiger charge is -2.13. The molecule has 0 aliphatic carbocycles. The maximum atomic E-state index is 3.55. The third-order valence-electron chi connectivity index (χ3n) is 1.60. The van der Waals surface area contributed by atoms with Crippen molar-refractivity contribution in [3.05, 3.63) is 31.3 Å². The first kappa shape index (κ1) is 16.9. The van der Waals surface area contributed by atoms with Crippen LogP contribution < -0.4 is 0 Å². The summed E-state index contributed by atoms with van der Waals surface area (Å²) in [5, 5.41) is 0. The Morgan fingerprint density at radius 2 is 0.875 bits per heavy atom. The quantitative estimate of drug-likeness (QED) is 0.201. The van der Waals surface area contributed by atoms with Gasteiger partial charge in [-0.25, -0.2) is 0 Å². The highest BCUT2D eigenvalue weighted by molar-refractivity contribution is 9.29. The Kier molecular flexibility index (Phi) is 7.37. The topological polar surface area (TPSA) is 0 Å². The number of benzene rings is 1. The minimum absolute atomic E-state index is 0.836. The van der Waals surface area contributed by atoms with Gasteiger partial charge in [-0.1, -0.05) is 0 Å². The van der Waals surface area contributed by atoms with Gasteiger partial charge in [-0.05, 0) is 127 Å². The molecule has 0 unspecified atom stereocenters. The van der Waals surface area contributed by atoms with Gasteiger partial charge in [-0.15, -0.1) is 0 Å². The molecule has 0 aliphatic rings. The standard InChI is InChI=1S/C8Br8/c9-2-1(4(11)8(15)16)3(10)6(13)7(14)5(2)12. The molecule has 1 aromatic rings. The average Bonchev–Trinajstić information content (AvgIpc) is 2.23. The van der Waals surface area contributed by atoms with Crippen LogP contribution >= 0.6 is 127 Å². The van der Waals surface area contributed by atoms with Crippen molar-refractivity contribution in [2.24, 2.45) is 0 Å². The monoisotopic (exact) mass is 727 g/mol. The Hall–Kier alpha value is 2.80. The number of halogens is 8. The van der Waals surface area contributed by atoms with Crippen LogP contribution in [-0.2, 0) is 0 Å². The van der Waals surface area contributed by atoms with Crippen LogP contribution in [0.2, 0.25) is 0 Å². The minimum Gasteiger partial charge on any atom is -0.0488 e. The molecule has 0 N–H and O–H groups in total. The molecule has 8 heteroatoms. The number of hydrogen-bond donors (Lipinski definition) is 0. The molecule has 16 heavy (non-hydrogen) atoms. The molecule has 0 radical (unpaired) electrons. The van der Waals surface area contributed by atoms with Crippen LogP contribution in [0.25, 0.3) is 4.48 Å². The smallest absolute Gasteiger partial charge is 0.0488 e. The molecule has 0 atom stereocenters. The predicted molar refractivity (Wildman–Crippen MR) is 98.6 cm³/mol. The first-order valence-corrected chi connectivity index (χ1v) is 9.86. The Labute approximate surface area is 160 Å². The molecule has 1 rings (SSSR count). The van der Waals surface area contributed by atoms with E-state index in [2.05, 4.69) is 127 Å². The van der Waals surface area contributed by atoms with Gasteiger partial charge in [0.1, 0.15) is 0 Å². The molecule has 0 fully saturated rings. The molecule has 0 saturated carbocycles. The zero-order valence-electron chi connectivity index (χ0n) is 7.02. The molecule has 0 nitrogen and oxygen atoms in total. The summed E-state index contributed by atoms with van der Waals surface area (Å²) in [4.78, 5) is 0. The lowest BCUT2D eigenvalue weighted by atomic mass is 10.2. The second kappa shape index (κ2) is 6.99. The maximum Gasteiger partial charge on any atom is 0.0752 e. The van der Waals surface area contributed by atoms with Crippen LogP contribution in [0.15, 0.2) is 25.8 Å². The minimum atomic E-state index is 0.836. The first-order valence-electron chi connectivity index (χ1n) is 3.51. The third kappa shape index (κ3) is 3.46. The summed E-state index contributed by atoms with van der Waals surface area (Å²) < 4.78 is 6.45. The van der Waals surface area contributed by atoms with E-state index in [1.165, 1.54) is 0 Å². The van der Waals surface area contributed by atoms with Gasteiger partial charge in [-0.2, -0.15) is 0 Å². The van der Waals surface area contributed by atoms with Crippen LogP contribution in [0.1, 0.15) is 5.56 Å². The Bertz CT molecular complexity index is 442. The molecule has 1 aromatic carbocycles. The highest BCUT2D eigenvalue weighted by Crippen LogP contribution is 2.49. The molecule has 0 heterocycles. The van der Waals surface area contributed by atoms with Gasteiger partial charge >= 0.3 is 0 Å². The summed E-state index contributed by atoms with van der Waals surface area (Å²) in [6, 6.07) is 0. The molecule has 0 bridgehead atoms. The largest absolute Gasteiger partial charge is 0.0752 e. The summed E-state index contributed by atoms with van der Waals surface area (Å²) in [5.74, 6) is 0. The zero-order valence-corrected chi connectivity index (χ0v) is 19.7. The normalized spacial score (nSPS) is 10.5. The van der Waals surface area contributed by atoms with Gasteiger partial charge in [0.15, 0.2) is 0 Å². The summed E-state index contributed by atoms with van der Waals surface area (Å²) in [7, 11) is 0. The van der Waals surface area contributed by atoms with Crippen LogP contribution in [0.5, 0.6) is 0 Å². The van der Waals surface area contributed by atoms with Crippen molar-refractivity contribution in [2.75, 3.05) is 0 Å². The second-order valence-electron chi connectivity index (χ2n) is 2.52. The molecule has 88 valence electrons. The maximum absolute atomic E-state index is 3.55. The average molecular weight is 735 g/mol. The van der Waals surface area contributed by atoms with E-state index in [0.717, 1.165) is 35.8 Å². The van der Waals surface area contributed by atoms with Crippen molar-refractivity contribution in [1.82, 2.24) is 0 Å². The van der Waals surface area contributed by atoms with Crippen molar-refractivity contribution >= 4 is 132 Å². The number of hydrogen-bond acceptors (Lipinski definition) is 0. The van der Waals surface area contributed by atoms with E-state index < -0.39 is 0 Å². The SMILES string of the molecule is BrC(Br)=C(Br)c1c(Br)c(Br)c(Br)c(Br)c1Br. The van der Waals surface area contributed by atoms with E-state index in [4.69, 9.17) is 0 Å². The van der Waals surface area contributed by atoms with E-state index in [1.54, 1.807) is 0 Å². The Morgan fingerprint density at radius 1 is 0.562 bits per heavy atom. The van der Waals surface area contributed by atoms with E-state index in [9.17, 15) is 0 Å². The first-order chi connectivity index (χ1) is 7.29. The van der Waals surface area contributed by atoms with Gasteiger partial charge in [0.05, 0.1) is 3.39 Å². The number of rotatable bonds is 1. The predicted octanol–water partition coefficient (Wildman–Crippen LogP) is 8.31. The fourth-order valence-corrected chi connectivity index (χ4v) is 5.66. The fraction of sp³-hybridized carbons (Fsp3) is 0. The molecular formula is C8Br8. The highest BCUT2D eigenvalue weighted by Gasteiger charge is 2.20. The molecule has 0 spiro atoms. The van der Waals surface area contributed by atoms with E-state index in [1.807, 2.05) is 0 Å². The van der Waals surface area contributed by atoms with E-state index in [0.29, 0.717) is 0 Å². The Morgan fingerprint density at radius 3 is 1.19 bits per heavy atom. The summed E-state index contributed by atoms with van der Waals surface area (Å²) in [6.07, 6.45) is 0. The Balaban J connectivity index is 3.72. The lowest BCUT2D eigenvalue weighted by Crippen LogP contribution is -1.89. The van der Waals surface area contributed by atoms with Gasteiger partial charge in [0.2, 0.25) is 0 Å². The summed E-state index contributed by atoms with van der Waals surface area (Å²) in [5.41, 5.74) is 0.991. The highest BCUT2D eigenvalue weighted by atomic mass is 79.9. The molecule has 0 saturated heterocycles. The molecule has 0 aliphatic heterocycles. The summed E-state index contributed by atoms with van der Waals surface area (Å²) in [6.45, 7) is 0. The second-order valence-corrected chi connectivity index (χ2v) is 9.93. The van der Waals surface area contributed by atoms with Crippen molar-refractivity contribution in [3.8, 4) is 0 Å². The van der Waals surface area contributed by atoms with Crippen LogP contribution in [0.4, 0.5) is 0 Å².